The highest BCUT2D eigenvalue weighted by Crippen LogP contribution is 2.30. The molecule has 1 aliphatic carbocycles. The van der Waals surface area contributed by atoms with E-state index in [1.165, 1.54) is 5.56 Å². The third kappa shape index (κ3) is 3.08. The Morgan fingerprint density at radius 1 is 1.36 bits per heavy atom. The van der Waals surface area contributed by atoms with Crippen LogP contribution in [0.5, 0.6) is 0 Å². The summed E-state index contributed by atoms with van der Waals surface area (Å²) in [6.07, 6.45) is 3.96. The van der Waals surface area contributed by atoms with Crippen LogP contribution in [0.25, 0.3) is 0 Å². The lowest BCUT2D eigenvalue weighted by molar-refractivity contribution is -0.122. The van der Waals surface area contributed by atoms with Gasteiger partial charge in [-0.25, -0.2) is 4.98 Å². The van der Waals surface area contributed by atoms with Gasteiger partial charge < -0.3 is 14.4 Å². The predicted octanol–water partition coefficient (Wildman–Crippen LogP) is 2.09. The Bertz CT molecular complexity index is 770. The summed E-state index contributed by atoms with van der Waals surface area (Å²) >= 11 is 0. The minimum absolute atomic E-state index is 0.180. The van der Waals surface area contributed by atoms with Crippen molar-refractivity contribution in [1.82, 2.24) is 24.9 Å². The second-order valence-electron chi connectivity index (χ2n) is 7.20. The van der Waals surface area contributed by atoms with Crippen LogP contribution in [0.15, 0.2) is 10.7 Å². The monoisotopic (exact) mass is 343 g/mol. The van der Waals surface area contributed by atoms with Gasteiger partial charge >= 0.3 is 0 Å². The zero-order valence-corrected chi connectivity index (χ0v) is 15.1. The summed E-state index contributed by atoms with van der Waals surface area (Å²) in [7, 11) is 0. The highest BCUT2D eigenvalue weighted by Gasteiger charge is 2.31. The average Bonchev–Trinajstić information content (AvgIpc) is 3.30. The zero-order valence-electron chi connectivity index (χ0n) is 15.1. The van der Waals surface area contributed by atoms with E-state index < -0.39 is 0 Å². The minimum Gasteiger partial charge on any atom is -0.361 e. The minimum atomic E-state index is 0.180. The van der Waals surface area contributed by atoms with Gasteiger partial charge in [0.05, 0.1) is 30.2 Å². The molecule has 2 aromatic heterocycles. The fraction of sp³-hybridized carbons (Fsp3) is 0.611. The number of fused-ring (bicyclic) bond motifs is 1. The number of hydrogen-bond donors (Lipinski definition) is 1. The molecule has 1 atom stereocenters. The van der Waals surface area contributed by atoms with Gasteiger partial charge in [0.1, 0.15) is 11.6 Å². The summed E-state index contributed by atoms with van der Waals surface area (Å²) in [5.41, 5.74) is 3.22. The molecule has 0 saturated heterocycles. The third-order valence-corrected chi connectivity index (χ3v) is 5.44. The Labute approximate surface area is 147 Å². The number of imidazole rings is 1. The summed E-state index contributed by atoms with van der Waals surface area (Å²) in [6.45, 7) is 9.36. The lowest BCUT2D eigenvalue weighted by Gasteiger charge is -2.34. The number of carbonyl (C=O) groups excluding carboxylic acids is 1. The number of amides is 1. The molecular formula is C18H25N5O2. The highest BCUT2D eigenvalue weighted by atomic mass is 16.5. The summed E-state index contributed by atoms with van der Waals surface area (Å²) in [6, 6.07) is 0.218. The lowest BCUT2D eigenvalue weighted by Crippen LogP contribution is -2.37. The van der Waals surface area contributed by atoms with E-state index in [0.29, 0.717) is 6.54 Å². The molecule has 25 heavy (non-hydrogen) atoms. The van der Waals surface area contributed by atoms with Crippen LogP contribution in [-0.4, -0.2) is 32.1 Å². The molecule has 1 fully saturated rings. The van der Waals surface area contributed by atoms with E-state index >= 15 is 0 Å². The van der Waals surface area contributed by atoms with Crippen molar-refractivity contribution < 1.29 is 9.32 Å². The van der Waals surface area contributed by atoms with E-state index in [9.17, 15) is 4.79 Å². The molecule has 0 radical (unpaired) electrons. The molecule has 0 spiro atoms. The second-order valence-corrected chi connectivity index (χ2v) is 7.20. The Morgan fingerprint density at radius 2 is 2.16 bits per heavy atom. The Hall–Kier alpha value is -2.15. The van der Waals surface area contributed by atoms with Crippen LogP contribution in [0.3, 0.4) is 0 Å². The first-order chi connectivity index (χ1) is 12.0. The van der Waals surface area contributed by atoms with Gasteiger partial charge in [-0.15, -0.1) is 0 Å². The molecule has 1 N–H and O–H groups in total. The van der Waals surface area contributed by atoms with Crippen LogP contribution < -0.4 is 5.32 Å². The largest absolute Gasteiger partial charge is 0.361 e. The number of aromatic nitrogens is 3. The molecule has 1 aliphatic heterocycles. The first-order valence-electron chi connectivity index (χ1n) is 9.02. The molecule has 4 rings (SSSR count). The number of aryl methyl sites for hydroxylation is 2. The number of hydrogen-bond acceptors (Lipinski definition) is 5. The van der Waals surface area contributed by atoms with Crippen molar-refractivity contribution in [3.8, 4) is 0 Å². The molecule has 1 amide bonds. The predicted molar refractivity (Wildman–Crippen MR) is 91.6 cm³/mol. The molecule has 134 valence electrons. The van der Waals surface area contributed by atoms with E-state index in [0.717, 1.165) is 55.4 Å². The fourth-order valence-corrected chi connectivity index (χ4v) is 3.56. The van der Waals surface area contributed by atoms with E-state index in [4.69, 9.17) is 4.52 Å². The SMILES string of the molecule is Cc1noc(C)c1CN1CCn2c(CNC(=O)C3CC3)cnc2C1C. The van der Waals surface area contributed by atoms with E-state index in [1.54, 1.807) is 0 Å². The van der Waals surface area contributed by atoms with Crippen LogP contribution in [0.2, 0.25) is 0 Å². The maximum atomic E-state index is 11.9. The molecule has 1 unspecified atom stereocenters. The molecular weight excluding hydrogens is 318 g/mol. The third-order valence-electron chi connectivity index (χ3n) is 5.44. The van der Waals surface area contributed by atoms with Crippen LogP contribution in [0.1, 0.15) is 54.3 Å². The quantitative estimate of drug-likeness (QED) is 0.900. The average molecular weight is 343 g/mol. The topological polar surface area (TPSA) is 76.2 Å². The molecule has 0 aromatic carbocycles. The first kappa shape index (κ1) is 16.3. The number of nitrogens with zero attached hydrogens (tertiary/aromatic N) is 4. The van der Waals surface area contributed by atoms with Crippen molar-refractivity contribution in [2.75, 3.05) is 6.54 Å². The molecule has 2 aliphatic rings. The van der Waals surface area contributed by atoms with Crippen molar-refractivity contribution in [3.05, 3.63) is 34.7 Å². The second kappa shape index (κ2) is 6.29. The number of nitrogens with one attached hydrogen (secondary N) is 1. The van der Waals surface area contributed by atoms with Gasteiger partial charge in [0.15, 0.2) is 0 Å². The van der Waals surface area contributed by atoms with Gasteiger partial charge in [-0.2, -0.15) is 0 Å². The lowest BCUT2D eigenvalue weighted by atomic mass is 10.1. The molecule has 0 bridgehead atoms. The maximum Gasteiger partial charge on any atom is 0.223 e. The Balaban J connectivity index is 1.45. The molecule has 7 nitrogen and oxygen atoms in total. The van der Waals surface area contributed by atoms with Crippen LogP contribution in [-0.2, 0) is 24.4 Å². The number of rotatable bonds is 5. The highest BCUT2D eigenvalue weighted by molar-refractivity contribution is 5.80. The fourth-order valence-electron chi connectivity index (χ4n) is 3.56. The van der Waals surface area contributed by atoms with Gasteiger partial charge in [0, 0.05) is 31.1 Å². The summed E-state index contributed by atoms with van der Waals surface area (Å²) < 4.78 is 7.54. The summed E-state index contributed by atoms with van der Waals surface area (Å²) in [5, 5.41) is 7.09. The van der Waals surface area contributed by atoms with Crippen molar-refractivity contribution >= 4 is 5.91 Å². The smallest absolute Gasteiger partial charge is 0.223 e. The van der Waals surface area contributed by atoms with Crippen LogP contribution >= 0.6 is 0 Å². The van der Waals surface area contributed by atoms with Crippen LogP contribution in [0.4, 0.5) is 0 Å². The maximum absolute atomic E-state index is 11.9. The van der Waals surface area contributed by atoms with E-state index in [1.807, 2.05) is 20.0 Å². The first-order valence-corrected chi connectivity index (χ1v) is 9.02. The van der Waals surface area contributed by atoms with Gasteiger partial charge in [-0.3, -0.25) is 9.69 Å². The van der Waals surface area contributed by atoms with E-state index in [2.05, 4.69) is 31.8 Å². The Morgan fingerprint density at radius 3 is 2.84 bits per heavy atom. The molecule has 2 aromatic rings. The van der Waals surface area contributed by atoms with E-state index in [-0.39, 0.29) is 17.9 Å². The number of carbonyl (C=O) groups is 1. The molecule has 3 heterocycles. The van der Waals surface area contributed by atoms with Crippen molar-refractivity contribution in [2.24, 2.45) is 5.92 Å². The van der Waals surface area contributed by atoms with Gasteiger partial charge in [-0.05, 0) is 33.6 Å². The Kier molecular flexibility index (Phi) is 4.11. The molecule has 7 heteroatoms. The van der Waals surface area contributed by atoms with Crippen LogP contribution in [0, 0.1) is 19.8 Å². The summed E-state index contributed by atoms with van der Waals surface area (Å²) in [5.74, 6) is 2.38. The zero-order chi connectivity index (χ0) is 17.6. The van der Waals surface area contributed by atoms with Crippen molar-refractivity contribution in [3.63, 3.8) is 0 Å². The summed E-state index contributed by atoms with van der Waals surface area (Å²) in [4.78, 5) is 18.9. The normalized spacial score (nSPS) is 20.5. The molecule has 1 saturated carbocycles. The van der Waals surface area contributed by atoms with Crippen molar-refractivity contribution in [2.45, 2.75) is 59.3 Å². The van der Waals surface area contributed by atoms with Gasteiger partial charge in [0.25, 0.3) is 0 Å². The standard InChI is InChI=1S/C18H25N5O2/c1-11-16(13(3)25-21-11)10-22-6-7-23-15(8-19-17(23)12(22)2)9-20-18(24)14-4-5-14/h8,12,14H,4-7,9-10H2,1-3H3,(H,20,24). The van der Waals surface area contributed by atoms with Crippen molar-refractivity contribution in [1.29, 1.82) is 0 Å². The van der Waals surface area contributed by atoms with Gasteiger partial charge in [0.2, 0.25) is 5.91 Å². The van der Waals surface area contributed by atoms with Gasteiger partial charge in [-0.1, -0.05) is 5.16 Å².